The topological polar surface area (TPSA) is 50.8 Å². The summed E-state index contributed by atoms with van der Waals surface area (Å²) in [7, 11) is 0. The van der Waals surface area contributed by atoms with Crippen LogP contribution in [0, 0.1) is 0 Å². The normalized spacial score (nSPS) is 15.8. The monoisotopic (exact) mass is 402 g/mol. The third kappa shape index (κ3) is 5.47. The van der Waals surface area contributed by atoms with Crippen molar-refractivity contribution < 1.29 is 14.3 Å². The average molecular weight is 403 g/mol. The van der Waals surface area contributed by atoms with Crippen LogP contribution in [-0.2, 0) is 4.74 Å². The zero-order valence-electron chi connectivity index (χ0n) is 16.2. The second kappa shape index (κ2) is 10.5. The lowest BCUT2D eigenvalue weighted by Gasteiger charge is -2.35. The summed E-state index contributed by atoms with van der Waals surface area (Å²) in [6.07, 6.45) is 0.926. The van der Waals surface area contributed by atoms with Gasteiger partial charge in [-0.05, 0) is 36.2 Å². The maximum atomic E-state index is 12.7. The lowest BCUT2D eigenvalue weighted by Crippen LogP contribution is -2.44. The predicted molar refractivity (Wildman–Crippen MR) is 111 cm³/mol. The van der Waals surface area contributed by atoms with Crippen molar-refractivity contribution in [2.45, 2.75) is 19.4 Å². The van der Waals surface area contributed by atoms with Crippen LogP contribution in [0.5, 0.6) is 5.75 Å². The number of benzene rings is 2. The molecule has 1 N–H and O–H groups in total. The largest absolute Gasteiger partial charge is 0.494 e. The van der Waals surface area contributed by atoms with Gasteiger partial charge >= 0.3 is 0 Å². The highest BCUT2D eigenvalue weighted by atomic mass is 35.5. The molecule has 0 saturated carbocycles. The molecule has 0 aliphatic carbocycles. The first-order valence-corrected chi connectivity index (χ1v) is 10.1. The van der Waals surface area contributed by atoms with E-state index >= 15 is 0 Å². The van der Waals surface area contributed by atoms with Gasteiger partial charge in [0.25, 0.3) is 5.91 Å². The Morgan fingerprint density at radius 3 is 2.75 bits per heavy atom. The molecule has 0 unspecified atom stereocenters. The minimum absolute atomic E-state index is 0.000994. The average Bonchev–Trinajstić information content (AvgIpc) is 2.74. The first-order chi connectivity index (χ1) is 13.7. The van der Waals surface area contributed by atoms with E-state index in [9.17, 15) is 4.79 Å². The highest BCUT2D eigenvalue weighted by molar-refractivity contribution is 6.31. The maximum absolute atomic E-state index is 12.7. The number of carbonyl (C=O) groups excluding carboxylic acids is 1. The molecule has 1 aliphatic rings. The van der Waals surface area contributed by atoms with Crippen LogP contribution in [0.2, 0.25) is 5.02 Å². The summed E-state index contributed by atoms with van der Waals surface area (Å²) in [6.45, 7) is 6.16. The molecule has 2 aromatic carbocycles. The van der Waals surface area contributed by atoms with Gasteiger partial charge in [0.1, 0.15) is 5.75 Å². The number of hydrogen-bond acceptors (Lipinski definition) is 4. The summed E-state index contributed by atoms with van der Waals surface area (Å²) < 4.78 is 11.1. The fourth-order valence-corrected chi connectivity index (χ4v) is 3.57. The van der Waals surface area contributed by atoms with E-state index in [4.69, 9.17) is 21.1 Å². The fourth-order valence-electron chi connectivity index (χ4n) is 3.31. The van der Waals surface area contributed by atoms with Crippen LogP contribution in [-0.4, -0.2) is 50.3 Å². The highest BCUT2D eigenvalue weighted by Gasteiger charge is 2.25. The van der Waals surface area contributed by atoms with Crippen LogP contribution in [0.15, 0.2) is 48.5 Å². The molecule has 1 heterocycles. The Hall–Kier alpha value is -2.08. The standard InChI is InChI=1S/C22H27ClN2O3/c1-2-12-28-18-7-5-6-17(15-18)22(26)24-16-21(25-10-13-27-14-11-25)19-8-3-4-9-20(19)23/h3-9,15,21H,2,10-14,16H2,1H3,(H,24,26)/t21-/m1/s1. The number of amides is 1. The summed E-state index contributed by atoms with van der Waals surface area (Å²) in [5.74, 6) is 0.595. The first kappa shape index (κ1) is 20.6. The molecule has 5 nitrogen and oxygen atoms in total. The molecule has 3 rings (SSSR count). The van der Waals surface area contributed by atoms with E-state index in [0.29, 0.717) is 42.7 Å². The minimum Gasteiger partial charge on any atom is -0.494 e. The molecule has 0 radical (unpaired) electrons. The van der Waals surface area contributed by atoms with Crippen molar-refractivity contribution in [3.8, 4) is 5.75 Å². The summed E-state index contributed by atoms with van der Waals surface area (Å²) in [5, 5.41) is 3.78. The van der Waals surface area contributed by atoms with Gasteiger partial charge in [0.15, 0.2) is 0 Å². The van der Waals surface area contributed by atoms with Crippen molar-refractivity contribution in [2.75, 3.05) is 39.5 Å². The van der Waals surface area contributed by atoms with Crippen molar-refractivity contribution >= 4 is 17.5 Å². The zero-order valence-corrected chi connectivity index (χ0v) is 17.0. The number of nitrogens with zero attached hydrogens (tertiary/aromatic N) is 1. The van der Waals surface area contributed by atoms with Gasteiger partial charge in [0.05, 0.1) is 25.9 Å². The number of hydrogen-bond donors (Lipinski definition) is 1. The van der Waals surface area contributed by atoms with Gasteiger partial charge in [-0.15, -0.1) is 0 Å². The van der Waals surface area contributed by atoms with E-state index in [-0.39, 0.29) is 11.9 Å². The Kier molecular flexibility index (Phi) is 7.71. The molecule has 2 aromatic rings. The molecule has 6 heteroatoms. The van der Waals surface area contributed by atoms with Crippen molar-refractivity contribution in [3.63, 3.8) is 0 Å². The van der Waals surface area contributed by atoms with E-state index in [1.54, 1.807) is 12.1 Å². The first-order valence-electron chi connectivity index (χ1n) is 9.76. The molecule has 1 fully saturated rings. The molecule has 1 amide bonds. The summed E-state index contributed by atoms with van der Waals surface area (Å²) in [4.78, 5) is 15.0. The second-order valence-electron chi connectivity index (χ2n) is 6.77. The Balaban J connectivity index is 1.71. The lowest BCUT2D eigenvalue weighted by molar-refractivity contribution is 0.0162. The Morgan fingerprint density at radius 2 is 2.00 bits per heavy atom. The van der Waals surface area contributed by atoms with E-state index in [1.807, 2.05) is 36.4 Å². The Bertz CT molecular complexity index is 778. The van der Waals surface area contributed by atoms with Crippen molar-refractivity contribution in [3.05, 3.63) is 64.7 Å². The van der Waals surface area contributed by atoms with Crippen LogP contribution >= 0.6 is 11.6 Å². The SMILES string of the molecule is CCCOc1cccc(C(=O)NC[C@H](c2ccccc2Cl)N2CCOCC2)c1. The smallest absolute Gasteiger partial charge is 0.251 e. The number of rotatable bonds is 8. The predicted octanol–water partition coefficient (Wildman–Crippen LogP) is 3.93. The molecule has 0 spiro atoms. The fraction of sp³-hybridized carbons (Fsp3) is 0.409. The molecule has 0 aromatic heterocycles. The number of carbonyl (C=O) groups is 1. The van der Waals surface area contributed by atoms with E-state index in [2.05, 4.69) is 17.1 Å². The highest BCUT2D eigenvalue weighted by Crippen LogP contribution is 2.28. The van der Waals surface area contributed by atoms with Gasteiger partial charge in [-0.1, -0.05) is 42.8 Å². The minimum atomic E-state index is -0.118. The van der Waals surface area contributed by atoms with E-state index < -0.39 is 0 Å². The molecule has 1 saturated heterocycles. The molecule has 1 aliphatic heterocycles. The quantitative estimate of drug-likeness (QED) is 0.726. The number of morpholine rings is 1. The zero-order chi connectivity index (χ0) is 19.8. The summed E-state index contributed by atoms with van der Waals surface area (Å²) >= 11 is 6.45. The second-order valence-corrected chi connectivity index (χ2v) is 7.18. The molecule has 0 bridgehead atoms. The Morgan fingerprint density at radius 1 is 1.21 bits per heavy atom. The number of nitrogens with one attached hydrogen (secondary N) is 1. The van der Waals surface area contributed by atoms with Crippen LogP contribution in [0.4, 0.5) is 0 Å². The molecular weight excluding hydrogens is 376 g/mol. The van der Waals surface area contributed by atoms with Gasteiger partial charge in [-0.3, -0.25) is 9.69 Å². The van der Waals surface area contributed by atoms with Gasteiger partial charge in [0, 0.05) is 30.2 Å². The van der Waals surface area contributed by atoms with E-state index in [0.717, 1.165) is 25.1 Å². The maximum Gasteiger partial charge on any atom is 0.251 e. The van der Waals surface area contributed by atoms with Crippen LogP contribution in [0.1, 0.15) is 35.3 Å². The summed E-state index contributed by atoms with van der Waals surface area (Å²) in [6, 6.07) is 15.1. The van der Waals surface area contributed by atoms with Crippen LogP contribution < -0.4 is 10.1 Å². The third-order valence-corrected chi connectivity index (χ3v) is 5.12. The Labute approximate surface area is 171 Å². The van der Waals surface area contributed by atoms with Gasteiger partial charge in [0.2, 0.25) is 0 Å². The van der Waals surface area contributed by atoms with Crippen LogP contribution in [0.25, 0.3) is 0 Å². The van der Waals surface area contributed by atoms with Crippen molar-refractivity contribution in [2.24, 2.45) is 0 Å². The van der Waals surface area contributed by atoms with Crippen molar-refractivity contribution in [1.29, 1.82) is 0 Å². The molecule has 1 atom stereocenters. The van der Waals surface area contributed by atoms with Gasteiger partial charge < -0.3 is 14.8 Å². The lowest BCUT2D eigenvalue weighted by atomic mass is 10.0. The summed E-state index contributed by atoms with van der Waals surface area (Å²) in [5.41, 5.74) is 1.61. The molecular formula is C22H27ClN2O3. The van der Waals surface area contributed by atoms with E-state index in [1.165, 1.54) is 0 Å². The number of halogens is 1. The third-order valence-electron chi connectivity index (χ3n) is 4.78. The van der Waals surface area contributed by atoms with Gasteiger partial charge in [-0.25, -0.2) is 0 Å². The van der Waals surface area contributed by atoms with Crippen molar-refractivity contribution in [1.82, 2.24) is 10.2 Å². The van der Waals surface area contributed by atoms with Gasteiger partial charge in [-0.2, -0.15) is 0 Å². The molecule has 28 heavy (non-hydrogen) atoms. The van der Waals surface area contributed by atoms with Crippen LogP contribution in [0.3, 0.4) is 0 Å². The molecule has 150 valence electrons. The number of ether oxygens (including phenoxy) is 2.